The lowest BCUT2D eigenvalue weighted by Gasteiger charge is -2.07. The van der Waals surface area contributed by atoms with E-state index in [-0.39, 0.29) is 5.28 Å². The number of nitrogens with zero attached hydrogens (tertiary/aromatic N) is 4. The predicted molar refractivity (Wildman–Crippen MR) is 75.3 cm³/mol. The van der Waals surface area contributed by atoms with Crippen molar-refractivity contribution in [2.45, 2.75) is 19.9 Å². The van der Waals surface area contributed by atoms with Gasteiger partial charge in [-0.15, -0.1) is 0 Å². The van der Waals surface area contributed by atoms with Gasteiger partial charge in [0.05, 0.1) is 23.3 Å². The average Bonchev–Trinajstić information content (AvgIpc) is 2.77. The lowest BCUT2D eigenvalue weighted by atomic mass is 10.3. The molecule has 0 aliphatic heterocycles. The minimum Gasteiger partial charge on any atom is -0.322 e. The molecule has 4 nitrogen and oxygen atoms in total. The zero-order chi connectivity index (χ0) is 13.2. The van der Waals surface area contributed by atoms with Crippen LogP contribution in [0, 0.1) is 0 Å². The summed E-state index contributed by atoms with van der Waals surface area (Å²) >= 11 is 5.83. The minimum atomic E-state index is 0.278. The van der Waals surface area contributed by atoms with Crippen LogP contribution in [0.5, 0.6) is 0 Å². The van der Waals surface area contributed by atoms with Gasteiger partial charge in [-0.3, -0.25) is 0 Å². The summed E-state index contributed by atoms with van der Waals surface area (Å²) in [4.78, 5) is 12.8. The highest BCUT2D eigenvalue weighted by Crippen LogP contribution is 2.18. The molecule has 0 saturated carbocycles. The maximum Gasteiger partial charge on any atom is 0.222 e. The monoisotopic (exact) mass is 272 g/mol. The van der Waals surface area contributed by atoms with Crippen LogP contribution in [0.4, 0.5) is 0 Å². The van der Waals surface area contributed by atoms with Crippen molar-refractivity contribution in [1.29, 1.82) is 0 Å². The number of fused-ring (bicyclic) bond motifs is 1. The van der Waals surface area contributed by atoms with E-state index in [0.29, 0.717) is 6.54 Å². The van der Waals surface area contributed by atoms with Crippen molar-refractivity contribution in [2.75, 3.05) is 0 Å². The van der Waals surface area contributed by atoms with Gasteiger partial charge >= 0.3 is 0 Å². The first-order valence-corrected chi connectivity index (χ1v) is 6.57. The van der Waals surface area contributed by atoms with E-state index < -0.39 is 0 Å². The third-order valence-electron chi connectivity index (χ3n) is 3.05. The molecule has 0 bridgehead atoms. The van der Waals surface area contributed by atoms with Gasteiger partial charge in [-0.1, -0.05) is 19.1 Å². The molecule has 3 aromatic rings. The summed E-state index contributed by atoms with van der Waals surface area (Å²) in [6, 6.07) is 10.00. The normalized spacial score (nSPS) is 11.1. The van der Waals surface area contributed by atoms with E-state index in [9.17, 15) is 0 Å². The molecule has 0 fully saturated rings. The van der Waals surface area contributed by atoms with E-state index in [4.69, 9.17) is 11.6 Å². The fourth-order valence-corrected chi connectivity index (χ4v) is 2.36. The zero-order valence-electron chi connectivity index (χ0n) is 10.5. The molecule has 96 valence electrons. The maximum atomic E-state index is 5.83. The smallest absolute Gasteiger partial charge is 0.222 e. The van der Waals surface area contributed by atoms with E-state index >= 15 is 0 Å². The van der Waals surface area contributed by atoms with Crippen LogP contribution >= 0.6 is 11.6 Å². The Hall–Kier alpha value is -1.94. The summed E-state index contributed by atoms with van der Waals surface area (Å²) in [5.41, 5.74) is 3.02. The van der Waals surface area contributed by atoms with Crippen LogP contribution in [0.1, 0.15) is 18.4 Å². The molecule has 0 N–H and O–H groups in total. The number of imidazole rings is 1. The highest BCUT2D eigenvalue weighted by Gasteiger charge is 2.09. The molecular formula is C14H13ClN4. The summed E-state index contributed by atoms with van der Waals surface area (Å²) in [5.74, 6) is 1.05. The Labute approximate surface area is 116 Å². The van der Waals surface area contributed by atoms with Crippen LogP contribution in [0.2, 0.25) is 5.28 Å². The van der Waals surface area contributed by atoms with Crippen LogP contribution in [-0.2, 0) is 13.0 Å². The molecule has 0 amide bonds. The quantitative estimate of drug-likeness (QED) is 0.688. The van der Waals surface area contributed by atoms with Crippen molar-refractivity contribution in [2.24, 2.45) is 0 Å². The van der Waals surface area contributed by atoms with Gasteiger partial charge in [0.25, 0.3) is 0 Å². The second-order valence-corrected chi connectivity index (χ2v) is 4.61. The summed E-state index contributed by atoms with van der Waals surface area (Å²) in [5, 5.41) is 0.278. The Bertz CT molecular complexity index is 720. The Morgan fingerprint density at radius 2 is 2.00 bits per heavy atom. The first kappa shape index (κ1) is 12.1. The van der Waals surface area contributed by atoms with Crippen LogP contribution in [-0.4, -0.2) is 19.5 Å². The largest absolute Gasteiger partial charge is 0.322 e. The van der Waals surface area contributed by atoms with Gasteiger partial charge in [0.1, 0.15) is 5.82 Å². The molecule has 1 aromatic carbocycles. The Balaban J connectivity index is 2.08. The molecule has 3 rings (SSSR count). The number of hydrogen-bond donors (Lipinski definition) is 0. The van der Waals surface area contributed by atoms with Crippen molar-refractivity contribution in [1.82, 2.24) is 19.5 Å². The van der Waals surface area contributed by atoms with Gasteiger partial charge < -0.3 is 4.57 Å². The van der Waals surface area contributed by atoms with Gasteiger partial charge in [-0.25, -0.2) is 15.0 Å². The third kappa shape index (κ3) is 2.31. The molecular weight excluding hydrogens is 260 g/mol. The fourth-order valence-electron chi connectivity index (χ4n) is 2.19. The molecule has 0 unspecified atom stereocenters. The lowest BCUT2D eigenvalue weighted by molar-refractivity contribution is 0.733. The van der Waals surface area contributed by atoms with Crippen LogP contribution in [0.3, 0.4) is 0 Å². The number of hydrogen-bond acceptors (Lipinski definition) is 3. The van der Waals surface area contributed by atoms with E-state index in [0.717, 1.165) is 29.0 Å². The average molecular weight is 273 g/mol. The molecule has 0 spiro atoms. The standard InChI is InChI=1S/C14H13ClN4/c1-2-13-18-11-5-3-4-6-12(11)19(13)9-10-7-8-16-14(15)17-10/h3-8H,2,9H2,1H3. The van der Waals surface area contributed by atoms with Crippen LogP contribution in [0.15, 0.2) is 36.5 Å². The van der Waals surface area contributed by atoms with E-state index in [2.05, 4.69) is 32.5 Å². The highest BCUT2D eigenvalue weighted by atomic mass is 35.5. The molecule has 0 atom stereocenters. The topological polar surface area (TPSA) is 43.6 Å². The van der Waals surface area contributed by atoms with E-state index in [1.807, 2.05) is 24.3 Å². The van der Waals surface area contributed by atoms with Gasteiger partial charge in [0.2, 0.25) is 5.28 Å². The van der Waals surface area contributed by atoms with Gasteiger partial charge in [0, 0.05) is 12.6 Å². The number of para-hydroxylation sites is 2. The van der Waals surface area contributed by atoms with Crippen LogP contribution in [0.25, 0.3) is 11.0 Å². The molecule has 2 heterocycles. The summed E-state index contributed by atoms with van der Waals surface area (Å²) in [7, 11) is 0. The Morgan fingerprint density at radius 1 is 1.16 bits per heavy atom. The molecule has 19 heavy (non-hydrogen) atoms. The van der Waals surface area contributed by atoms with Gasteiger partial charge in [-0.05, 0) is 29.8 Å². The predicted octanol–water partition coefficient (Wildman–Crippen LogP) is 3.09. The second-order valence-electron chi connectivity index (χ2n) is 4.27. The Morgan fingerprint density at radius 3 is 2.79 bits per heavy atom. The summed E-state index contributed by atoms with van der Waals surface area (Å²) in [6.45, 7) is 2.76. The molecule has 0 aliphatic rings. The van der Waals surface area contributed by atoms with Crippen molar-refractivity contribution in [3.63, 3.8) is 0 Å². The third-order valence-corrected chi connectivity index (χ3v) is 3.24. The fraction of sp³-hybridized carbons (Fsp3) is 0.214. The first-order valence-electron chi connectivity index (χ1n) is 6.19. The number of rotatable bonds is 3. The SMILES string of the molecule is CCc1nc2ccccc2n1Cc1ccnc(Cl)n1. The van der Waals surface area contributed by atoms with Crippen molar-refractivity contribution < 1.29 is 0 Å². The number of aromatic nitrogens is 4. The molecule has 0 radical (unpaired) electrons. The first-order chi connectivity index (χ1) is 9.28. The second kappa shape index (κ2) is 4.97. The zero-order valence-corrected chi connectivity index (χ0v) is 11.3. The number of benzene rings is 1. The lowest BCUT2D eigenvalue weighted by Crippen LogP contribution is -2.06. The summed E-state index contributed by atoms with van der Waals surface area (Å²) in [6.07, 6.45) is 2.56. The number of aryl methyl sites for hydroxylation is 1. The van der Waals surface area contributed by atoms with Crippen LogP contribution < -0.4 is 0 Å². The van der Waals surface area contributed by atoms with Gasteiger partial charge in [0.15, 0.2) is 0 Å². The molecule has 5 heteroatoms. The molecule has 2 aromatic heterocycles. The maximum absolute atomic E-state index is 5.83. The summed E-state index contributed by atoms with van der Waals surface area (Å²) < 4.78 is 2.17. The van der Waals surface area contributed by atoms with E-state index in [1.165, 1.54) is 0 Å². The van der Waals surface area contributed by atoms with E-state index in [1.54, 1.807) is 6.20 Å². The number of halogens is 1. The highest BCUT2D eigenvalue weighted by molar-refractivity contribution is 6.28. The van der Waals surface area contributed by atoms with Crippen molar-refractivity contribution >= 4 is 22.6 Å². The molecule has 0 saturated heterocycles. The molecule has 0 aliphatic carbocycles. The van der Waals surface area contributed by atoms with Crippen molar-refractivity contribution in [3.05, 3.63) is 53.3 Å². The minimum absolute atomic E-state index is 0.278. The Kier molecular flexibility index (Phi) is 3.17. The van der Waals surface area contributed by atoms with Crippen molar-refractivity contribution in [3.8, 4) is 0 Å². The van der Waals surface area contributed by atoms with Gasteiger partial charge in [-0.2, -0.15) is 0 Å².